The fourth-order valence-electron chi connectivity index (χ4n) is 2.32. The maximum absolute atomic E-state index is 11.3. The van der Waals surface area contributed by atoms with Crippen LogP contribution in [0.25, 0.3) is 16.9 Å². The fraction of sp³-hybridized carbons (Fsp3) is 0.0714. The highest BCUT2D eigenvalue weighted by Gasteiger charge is 2.18. The van der Waals surface area contributed by atoms with Gasteiger partial charge in [0.1, 0.15) is 5.69 Å². The van der Waals surface area contributed by atoms with Gasteiger partial charge in [-0.05, 0) is 12.1 Å². The van der Waals surface area contributed by atoms with Crippen LogP contribution in [-0.2, 0) is 4.79 Å². The molecule has 3 aromatic rings. The summed E-state index contributed by atoms with van der Waals surface area (Å²) < 4.78 is 1.66. The Hall–Kier alpha value is -3.47. The molecule has 8 nitrogen and oxygen atoms in total. The van der Waals surface area contributed by atoms with Crippen LogP contribution in [0.15, 0.2) is 30.7 Å². The standard InChI is InChI=1S/C14H9N7O/c15-4-8-1-2-21-11(3-8)9(5-18-21)13-16-6-10-14(20-13)17-7-12(22)19-10/h1-3,5-6H,7H2,(H,19,22)(H,16,17,20). The quantitative estimate of drug-likeness (QED) is 0.693. The number of anilines is 2. The molecule has 4 heterocycles. The second kappa shape index (κ2) is 4.53. The van der Waals surface area contributed by atoms with E-state index in [1.807, 2.05) is 0 Å². The van der Waals surface area contributed by atoms with Crippen molar-refractivity contribution < 1.29 is 4.79 Å². The molecule has 0 aliphatic carbocycles. The smallest absolute Gasteiger partial charge is 0.243 e. The molecule has 22 heavy (non-hydrogen) atoms. The Morgan fingerprint density at radius 1 is 1.36 bits per heavy atom. The predicted molar refractivity (Wildman–Crippen MR) is 78.1 cm³/mol. The van der Waals surface area contributed by atoms with Crippen molar-refractivity contribution in [1.29, 1.82) is 5.26 Å². The van der Waals surface area contributed by atoms with Crippen LogP contribution in [0, 0.1) is 11.3 Å². The first kappa shape index (κ1) is 12.3. The summed E-state index contributed by atoms with van der Waals surface area (Å²) in [4.78, 5) is 20.0. The van der Waals surface area contributed by atoms with Gasteiger partial charge in [-0.25, -0.2) is 14.5 Å². The summed E-state index contributed by atoms with van der Waals surface area (Å²) in [7, 11) is 0. The molecule has 0 spiro atoms. The molecule has 0 unspecified atom stereocenters. The first-order valence-corrected chi connectivity index (χ1v) is 6.53. The Morgan fingerprint density at radius 3 is 3.14 bits per heavy atom. The Kier molecular flexibility index (Phi) is 2.53. The lowest BCUT2D eigenvalue weighted by atomic mass is 10.2. The second-order valence-corrected chi connectivity index (χ2v) is 4.77. The zero-order valence-electron chi connectivity index (χ0n) is 11.2. The number of aromatic nitrogens is 4. The van der Waals surface area contributed by atoms with E-state index < -0.39 is 0 Å². The molecule has 8 heteroatoms. The summed E-state index contributed by atoms with van der Waals surface area (Å²) in [6, 6.07) is 5.53. The van der Waals surface area contributed by atoms with Gasteiger partial charge in [-0.15, -0.1) is 0 Å². The minimum absolute atomic E-state index is 0.126. The van der Waals surface area contributed by atoms with E-state index in [-0.39, 0.29) is 12.5 Å². The van der Waals surface area contributed by atoms with E-state index in [0.29, 0.717) is 22.9 Å². The van der Waals surface area contributed by atoms with E-state index in [1.165, 1.54) is 0 Å². The zero-order valence-corrected chi connectivity index (χ0v) is 11.2. The lowest BCUT2D eigenvalue weighted by Crippen LogP contribution is -2.28. The molecular formula is C14H9N7O. The van der Waals surface area contributed by atoms with Crippen LogP contribution in [0.1, 0.15) is 5.56 Å². The van der Waals surface area contributed by atoms with Crippen molar-refractivity contribution in [3.05, 3.63) is 36.3 Å². The molecule has 0 saturated heterocycles. The minimum atomic E-state index is -0.126. The molecule has 3 aromatic heterocycles. The monoisotopic (exact) mass is 291 g/mol. The number of nitrogens with one attached hydrogen (secondary N) is 2. The minimum Gasteiger partial charge on any atom is -0.359 e. The molecule has 0 atom stereocenters. The van der Waals surface area contributed by atoms with Crippen LogP contribution in [0.5, 0.6) is 0 Å². The lowest BCUT2D eigenvalue weighted by Gasteiger charge is -2.17. The topological polar surface area (TPSA) is 108 Å². The normalized spacial score (nSPS) is 13.1. The molecule has 1 amide bonds. The van der Waals surface area contributed by atoms with Crippen molar-refractivity contribution in [3.63, 3.8) is 0 Å². The Balaban J connectivity index is 1.85. The lowest BCUT2D eigenvalue weighted by molar-refractivity contribution is -0.114. The zero-order chi connectivity index (χ0) is 15.1. The Labute approximate surface area is 124 Å². The summed E-state index contributed by atoms with van der Waals surface area (Å²) in [5, 5.41) is 18.9. The van der Waals surface area contributed by atoms with Crippen molar-refractivity contribution in [2.24, 2.45) is 0 Å². The molecule has 0 radical (unpaired) electrons. The molecular weight excluding hydrogens is 282 g/mol. The third-order valence-corrected chi connectivity index (χ3v) is 3.37. The molecule has 0 fully saturated rings. The molecule has 1 aliphatic rings. The molecule has 1 aliphatic heterocycles. The fourth-order valence-corrected chi connectivity index (χ4v) is 2.32. The van der Waals surface area contributed by atoms with E-state index in [2.05, 4.69) is 31.8 Å². The largest absolute Gasteiger partial charge is 0.359 e. The summed E-state index contributed by atoms with van der Waals surface area (Å²) in [6.07, 6.45) is 4.92. The number of carbonyl (C=O) groups is 1. The van der Waals surface area contributed by atoms with Crippen molar-refractivity contribution in [1.82, 2.24) is 19.6 Å². The van der Waals surface area contributed by atoms with Gasteiger partial charge in [0, 0.05) is 6.20 Å². The van der Waals surface area contributed by atoms with Gasteiger partial charge in [0.05, 0.1) is 41.7 Å². The van der Waals surface area contributed by atoms with Crippen molar-refractivity contribution in [2.75, 3.05) is 17.2 Å². The van der Waals surface area contributed by atoms with Crippen LogP contribution in [0.2, 0.25) is 0 Å². The van der Waals surface area contributed by atoms with Gasteiger partial charge < -0.3 is 10.6 Å². The van der Waals surface area contributed by atoms with Crippen LogP contribution >= 0.6 is 0 Å². The number of hydrogen-bond donors (Lipinski definition) is 2. The maximum Gasteiger partial charge on any atom is 0.243 e. The van der Waals surface area contributed by atoms with Crippen LogP contribution in [-0.4, -0.2) is 32.0 Å². The molecule has 0 aromatic carbocycles. The first-order valence-electron chi connectivity index (χ1n) is 6.53. The first-order chi connectivity index (χ1) is 10.7. The number of rotatable bonds is 1. The van der Waals surface area contributed by atoms with Gasteiger partial charge in [-0.2, -0.15) is 10.4 Å². The Morgan fingerprint density at radius 2 is 2.27 bits per heavy atom. The number of amides is 1. The van der Waals surface area contributed by atoms with Crippen LogP contribution in [0.4, 0.5) is 11.5 Å². The van der Waals surface area contributed by atoms with Crippen molar-refractivity contribution in [2.45, 2.75) is 0 Å². The van der Waals surface area contributed by atoms with Gasteiger partial charge in [-0.1, -0.05) is 0 Å². The maximum atomic E-state index is 11.3. The molecule has 4 rings (SSSR count). The SMILES string of the molecule is N#Cc1ccn2ncc(-c3ncc4c(n3)NCC(=O)N4)c2c1. The Bertz CT molecular complexity index is 953. The average molecular weight is 291 g/mol. The number of nitriles is 1. The third-order valence-electron chi connectivity index (χ3n) is 3.37. The van der Waals surface area contributed by atoms with E-state index in [0.717, 1.165) is 11.1 Å². The number of nitrogens with zero attached hydrogens (tertiary/aromatic N) is 5. The highest BCUT2D eigenvalue weighted by atomic mass is 16.2. The summed E-state index contributed by atoms with van der Waals surface area (Å²) >= 11 is 0. The van der Waals surface area contributed by atoms with Gasteiger partial charge in [-0.3, -0.25) is 4.79 Å². The highest BCUT2D eigenvalue weighted by Crippen LogP contribution is 2.27. The number of carbonyl (C=O) groups excluding carboxylic acids is 1. The molecule has 0 bridgehead atoms. The van der Waals surface area contributed by atoms with E-state index >= 15 is 0 Å². The highest BCUT2D eigenvalue weighted by molar-refractivity contribution is 5.99. The van der Waals surface area contributed by atoms with Gasteiger partial charge in [0.15, 0.2) is 11.6 Å². The number of pyridine rings is 1. The molecule has 2 N–H and O–H groups in total. The molecule has 106 valence electrons. The molecule has 0 saturated carbocycles. The summed E-state index contributed by atoms with van der Waals surface area (Å²) in [5.74, 6) is 0.923. The average Bonchev–Trinajstić information content (AvgIpc) is 2.97. The van der Waals surface area contributed by atoms with Gasteiger partial charge in [0.2, 0.25) is 5.91 Å². The third kappa shape index (κ3) is 1.84. The number of fused-ring (bicyclic) bond motifs is 2. The van der Waals surface area contributed by atoms with Crippen LogP contribution in [0.3, 0.4) is 0 Å². The summed E-state index contributed by atoms with van der Waals surface area (Å²) in [6.45, 7) is 0.177. The van der Waals surface area contributed by atoms with Gasteiger partial charge in [0.25, 0.3) is 0 Å². The predicted octanol–water partition coefficient (Wildman–Crippen LogP) is 1.03. The second-order valence-electron chi connectivity index (χ2n) is 4.77. The van der Waals surface area contributed by atoms with Gasteiger partial charge >= 0.3 is 0 Å². The summed E-state index contributed by atoms with van der Waals surface area (Å²) in [5.41, 5.74) is 2.56. The van der Waals surface area contributed by atoms with Crippen LogP contribution < -0.4 is 10.6 Å². The van der Waals surface area contributed by atoms with E-state index in [9.17, 15) is 4.79 Å². The van der Waals surface area contributed by atoms with Crippen molar-refractivity contribution in [3.8, 4) is 17.5 Å². The van der Waals surface area contributed by atoms with Crippen molar-refractivity contribution >= 4 is 22.9 Å². The number of hydrogen-bond acceptors (Lipinski definition) is 6. The van der Waals surface area contributed by atoms with E-state index in [1.54, 1.807) is 35.2 Å². The van der Waals surface area contributed by atoms with E-state index in [4.69, 9.17) is 5.26 Å².